The van der Waals surface area contributed by atoms with Crippen LogP contribution in [0.2, 0.25) is 0 Å². The molecule has 0 bridgehead atoms. The molecule has 2 aromatic heterocycles. The second-order valence-electron chi connectivity index (χ2n) is 5.70. The molecule has 5 nitrogen and oxygen atoms in total. The highest BCUT2D eigenvalue weighted by Crippen LogP contribution is 2.13. The van der Waals surface area contributed by atoms with Crippen LogP contribution >= 0.6 is 11.3 Å². The summed E-state index contributed by atoms with van der Waals surface area (Å²) in [4.78, 5) is 30.1. The van der Waals surface area contributed by atoms with Crippen molar-refractivity contribution in [3.8, 4) is 0 Å². The quantitative estimate of drug-likeness (QED) is 0.870. The zero-order chi connectivity index (χ0) is 16.8. The van der Waals surface area contributed by atoms with Crippen molar-refractivity contribution in [2.45, 2.75) is 18.9 Å². The number of rotatable bonds is 4. The zero-order valence-electron chi connectivity index (χ0n) is 13.2. The van der Waals surface area contributed by atoms with Crippen molar-refractivity contribution < 1.29 is 9.59 Å². The molecule has 0 radical (unpaired) electrons. The predicted molar refractivity (Wildman–Crippen MR) is 94.7 cm³/mol. The Hall–Kier alpha value is -2.47. The van der Waals surface area contributed by atoms with Crippen LogP contribution in [0, 0.1) is 0 Å². The summed E-state index contributed by atoms with van der Waals surface area (Å²) in [5, 5.41) is 7.02. The van der Waals surface area contributed by atoms with Gasteiger partial charge in [0.1, 0.15) is 0 Å². The van der Waals surface area contributed by atoms with Gasteiger partial charge in [-0.15, -0.1) is 0 Å². The molecule has 24 heavy (non-hydrogen) atoms. The van der Waals surface area contributed by atoms with Crippen molar-refractivity contribution >= 4 is 29.2 Å². The largest absolute Gasteiger partial charge is 0.349 e. The van der Waals surface area contributed by atoms with Gasteiger partial charge < -0.3 is 10.2 Å². The lowest BCUT2D eigenvalue weighted by Gasteiger charge is -2.31. The monoisotopic (exact) mass is 341 g/mol. The molecule has 1 fully saturated rings. The number of hydrogen-bond donors (Lipinski definition) is 1. The molecule has 0 atom stereocenters. The molecule has 0 saturated carbocycles. The Balaban J connectivity index is 1.47. The van der Waals surface area contributed by atoms with Gasteiger partial charge in [-0.1, -0.05) is 0 Å². The van der Waals surface area contributed by atoms with Gasteiger partial charge in [0.15, 0.2) is 0 Å². The van der Waals surface area contributed by atoms with Gasteiger partial charge in [0, 0.05) is 43.2 Å². The van der Waals surface area contributed by atoms with Gasteiger partial charge in [0.05, 0.1) is 0 Å². The Labute approximate surface area is 145 Å². The SMILES string of the molecule is O=C(NC1CCN(C(=O)C=Cc2ccsc2)CC1)c1ccncc1. The summed E-state index contributed by atoms with van der Waals surface area (Å²) in [5.41, 5.74) is 1.66. The minimum atomic E-state index is -0.0838. The van der Waals surface area contributed by atoms with Gasteiger partial charge in [-0.2, -0.15) is 11.3 Å². The van der Waals surface area contributed by atoms with E-state index in [1.807, 2.05) is 27.8 Å². The number of carbonyl (C=O) groups excluding carboxylic acids is 2. The lowest BCUT2D eigenvalue weighted by atomic mass is 10.0. The van der Waals surface area contributed by atoms with Crippen molar-refractivity contribution in [3.63, 3.8) is 0 Å². The van der Waals surface area contributed by atoms with Crippen molar-refractivity contribution in [2.75, 3.05) is 13.1 Å². The molecule has 124 valence electrons. The van der Waals surface area contributed by atoms with Crippen LogP contribution in [0.4, 0.5) is 0 Å². The van der Waals surface area contributed by atoms with Crippen molar-refractivity contribution in [1.82, 2.24) is 15.2 Å². The maximum absolute atomic E-state index is 12.2. The third kappa shape index (κ3) is 4.29. The van der Waals surface area contributed by atoms with Gasteiger partial charge in [-0.05, 0) is 53.4 Å². The van der Waals surface area contributed by atoms with Crippen molar-refractivity contribution in [3.05, 3.63) is 58.6 Å². The summed E-state index contributed by atoms with van der Waals surface area (Å²) in [6.45, 7) is 1.32. The van der Waals surface area contributed by atoms with Crippen LogP contribution in [-0.4, -0.2) is 40.8 Å². The van der Waals surface area contributed by atoms with E-state index >= 15 is 0 Å². The van der Waals surface area contributed by atoms with Crippen LogP contribution in [0.1, 0.15) is 28.8 Å². The molecule has 6 heteroatoms. The highest BCUT2D eigenvalue weighted by atomic mass is 32.1. The Morgan fingerprint density at radius 3 is 2.62 bits per heavy atom. The normalized spacial score (nSPS) is 15.6. The van der Waals surface area contributed by atoms with Gasteiger partial charge in [-0.25, -0.2) is 0 Å². The molecule has 0 spiro atoms. The molecule has 1 aliphatic heterocycles. The molecule has 3 rings (SSSR count). The van der Waals surface area contributed by atoms with Gasteiger partial charge in [0.2, 0.25) is 5.91 Å². The molecule has 1 aliphatic rings. The third-order valence-corrected chi connectivity index (χ3v) is 4.75. The van der Waals surface area contributed by atoms with Crippen LogP contribution in [0.15, 0.2) is 47.4 Å². The number of aromatic nitrogens is 1. The fraction of sp³-hybridized carbons (Fsp3) is 0.278. The van der Waals surface area contributed by atoms with Crippen LogP contribution in [0.3, 0.4) is 0 Å². The lowest BCUT2D eigenvalue weighted by molar-refractivity contribution is -0.126. The predicted octanol–water partition coefficient (Wildman–Crippen LogP) is 2.58. The molecular formula is C18H19N3O2S. The molecule has 1 N–H and O–H groups in total. The molecular weight excluding hydrogens is 322 g/mol. The van der Waals surface area contributed by atoms with E-state index in [2.05, 4.69) is 10.3 Å². The maximum atomic E-state index is 12.2. The van der Waals surface area contributed by atoms with E-state index in [0.29, 0.717) is 18.7 Å². The average Bonchev–Trinajstić information content (AvgIpc) is 3.14. The summed E-state index contributed by atoms with van der Waals surface area (Å²) in [6.07, 6.45) is 8.23. The van der Waals surface area contributed by atoms with Crippen LogP contribution in [-0.2, 0) is 4.79 Å². The average molecular weight is 341 g/mol. The topological polar surface area (TPSA) is 62.3 Å². The minimum Gasteiger partial charge on any atom is -0.349 e. The van der Waals surface area contributed by atoms with E-state index < -0.39 is 0 Å². The van der Waals surface area contributed by atoms with E-state index in [1.54, 1.807) is 41.9 Å². The Morgan fingerprint density at radius 1 is 1.21 bits per heavy atom. The molecule has 0 aliphatic carbocycles. The third-order valence-electron chi connectivity index (χ3n) is 4.05. The second kappa shape index (κ2) is 7.88. The number of carbonyl (C=O) groups is 2. The first-order valence-corrected chi connectivity index (χ1v) is 8.87. The van der Waals surface area contributed by atoms with Gasteiger partial charge in [-0.3, -0.25) is 14.6 Å². The Morgan fingerprint density at radius 2 is 1.96 bits per heavy atom. The molecule has 2 aromatic rings. The Bertz CT molecular complexity index is 705. The van der Waals surface area contributed by atoms with E-state index in [-0.39, 0.29) is 17.9 Å². The number of amides is 2. The first-order valence-electron chi connectivity index (χ1n) is 7.92. The smallest absolute Gasteiger partial charge is 0.251 e. The lowest BCUT2D eigenvalue weighted by Crippen LogP contribution is -2.46. The van der Waals surface area contributed by atoms with E-state index in [1.165, 1.54) is 0 Å². The fourth-order valence-electron chi connectivity index (χ4n) is 2.66. The van der Waals surface area contributed by atoms with E-state index in [9.17, 15) is 9.59 Å². The van der Waals surface area contributed by atoms with Crippen LogP contribution < -0.4 is 5.32 Å². The van der Waals surface area contributed by atoms with Crippen LogP contribution in [0.25, 0.3) is 6.08 Å². The molecule has 0 aromatic carbocycles. The van der Waals surface area contributed by atoms with E-state index in [0.717, 1.165) is 18.4 Å². The van der Waals surface area contributed by atoms with Crippen LogP contribution in [0.5, 0.6) is 0 Å². The Kier molecular flexibility index (Phi) is 5.38. The molecule has 3 heterocycles. The summed E-state index contributed by atoms with van der Waals surface area (Å²) >= 11 is 1.61. The molecule has 1 saturated heterocycles. The first kappa shape index (κ1) is 16.4. The van der Waals surface area contributed by atoms with Gasteiger partial charge in [0.25, 0.3) is 5.91 Å². The van der Waals surface area contributed by atoms with Crippen molar-refractivity contribution in [1.29, 1.82) is 0 Å². The summed E-state index contributed by atoms with van der Waals surface area (Å²) in [6, 6.07) is 5.48. The number of likely N-dealkylation sites (tertiary alicyclic amines) is 1. The minimum absolute atomic E-state index is 0.0279. The summed E-state index contributed by atoms with van der Waals surface area (Å²) < 4.78 is 0. The zero-order valence-corrected chi connectivity index (χ0v) is 14.0. The first-order chi connectivity index (χ1) is 11.7. The van der Waals surface area contributed by atoms with Gasteiger partial charge >= 0.3 is 0 Å². The maximum Gasteiger partial charge on any atom is 0.251 e. The fourth-order valence-corrected chi connectivity index (χ4v) is 3.29. The number of thiophene rings is 1. The second-order valence-corrected chi connectivity index (χ2v) is 6.48. The number of nitrogens with zero attached hydrogens (tertiary/aromatic N) is 2. The molecule has 2 amide bonds. The number of pyridine rings is 1. The van der Waals surface area contributed by atoms with Crippen molar-refractivity contribution in [2.24, 2.45) is 0 Å². The van der Waals surface area contributed by atoms with E-state index in [4.69, 9.17) is 0 Å². The summed E-state index contributed by atoms with van der Waals surface area (Å²) in [7, 11) is 0. The highest BCUT2D eigenvalue weighted by molar-refractivity contribution is 7.08. The standard InChI is InChI=1S/C18H19N3O2S/c22-17(2-1-14-7-12-24-13-14)21-10-5-16(6-11-21)20-18(23)15-3-8-19-9-4-15/h1-4,7-9,12-13,16H,5-6,10-11H2,(H,20,23). The number of hydrogen-bond acceptors (Lipinski definition) is 4. The molecule has 0 unspecified atom stereocenters. The number of piperidine rings is 1. The highest BCUT2D eigenvalue weighted by Gasteiger charge is 2.23. The summed E-state index contributed by atoms with van der Waals surface area (Å²) in [5.74, 6) is -0.0559. The number of nitrogens with one attached hydrogen (secondary N) is 1.